The van der Waals surface area contributed by atoms with E-state index in [0.29, 0.717) is 0 Å². The first-order valence-corrected chi connectivity index (χ1v) is 8.30. The SMILES string of the molecule is Cc1[nH]c2ccc(Br)cc2c(=O)c1C[NH+]1CC[NH+](C)CC1. The smallest absolute Gasteiger partial charge is 0.198 e. The van der Waals surface area contributed by atoms with Gasteiger partial charge in [0.05, 0.1) is 12.6 Å². The molecule has 0 unspecified atom stereocenters. The predicted molar refractivity (Wildman–Crippen MR) is 88.0 cm³/mol. The minimum Gasteiger partial charge on any atom is -0.358 e. The van der Waals surface area contributed by atoms with E-state index in [1.165, 1.54) is 18.0 Å². The number of pyridine rings is 1. The summed E-state index contributed by atoms with van der Waals surface area (Å²) < 4.78 is 0.950. The van der Waals surface area contributed by atoms with Crippen LogP contribution in [0.2, 0.25) is 0 Å². The number of likely N-dealkylation sites (N-methyl/N-ethyl adjacent to an activating group) is 1. The van der Waals surface area contributed by atoms with Gasteiger partial charge in [-0.3, -0.25) is 4.79 Å². The third-order valence-corrected chi connectivity index (χ3v) is 5.01. The van der Waals surface area contributed by atoms with Crippen molar-refractivity contribution in [1.29, 1.82) is 0 Å². The van der Waals surface area contributed by atoms with E-state index in [4.69, 9.17) is 0 Å². The van der Waals surface area contributed by atoms with Gasteiger partial charge in [0.25, 0.3) is 0 Å². The van der Waals surface area contributed by atoms with E-state index in [2.05, 4.69) is 28.0 Å². The summed E-state index contributed by atoms with van der Waals surface area (Å²) in [7, 11) is 2.24. The zero-order valence-electron chi connectivity index (χ0n) is 12.6. The third kappa shape index (κ3) is 3.05. The molecule has 0 spiro atoms. The molecular formula is C16H22BrN3O+2. The van der Waals surface area contributed by atoms with Crippen molar-refractivity contribution in [1.82, 2.24) is 4.98 Å². The number of nitrogens with one attached hydrogen (secondary N) is 3. The fourth-order valence-corrected chi connectivity index (χ4v) is 3.45. The maximum Gasteiger partial charge on any atom is 0.198 e. The van der Waals surface area contributed by atoms with Gasteiger partial charge in [-0.05, 0) is 25.1 Å². The summed E-state index contributed by atoms with van der Waals surface area (Å²) in [4.78, 5) is 19.3. The molecule has 3 N–H and O–H groups in total. The second-order valence-corrected chi connectivity index (χ2v) is 7.05. The van der Waals surface area contributed by atoms with E-state index in [1.807, 2.05) is 25.1 Å². The van der Waals surface area contributed by atoms with Gasteiger partial charge in [0.15, 0.2) is 5.43 Å². The molecule has 1 aliphatic heterocycles. The minimum absolute atomic E-state index is 0.182. The number of benzene rings is 1. The molecule has 112 valence electrons. The van der Waals surface area contributed by atoms with Crippen LogP contribution in [0.25, 0.3) is 10.9 Å². The largest absolute Gasteiger partial charge is 0.358 e. The predicted octanol–water partition coefficient (Wildman–Crippen LogP) is -0.488. The highest BCUT2D eigenvalue weighted by molar-refractivity contribution is 9.10. The van der Waals surface area contributed by atoms with Crippen molar-refractivity contribution in [3.05, 3.63) is 44.2 Å². The number of hydrogen-bond acceptors (Lipinski definition) is 1. The molecule has 4 nitrogen and oxygen atoms in total. The van der Waals surface area contributed by atoms with Gasteiger partial charge in [-0.15, -0.1) is 0 Å². The number of rotatable bonds is 2. The Balaban J connectivity index is 1.96. The zero-order valence-corrected chi connectivity index (χ0v) is 14.1. The molecule has 1 aromatic carbocycles. The van der Waals surface area contributed by atoms with Crippen LogP contribution in [-0.4, -0.2) is 38.2 Å². The van der Waals surface area contributed by atoms with Gasteiger partial charge in [0.2, 0.25) is 0 Å². The van der Waals surface area contributed by atoms with Gasteiger partial charge in [-0.2, -0.15) is 0 Å². The summed E-state index contributed by atoms with van der Waals surface area (Å²) in [6.07, 6.45) is 0. The number of halogens is 1. The normalized spacial score (nSPS) is 22.6. The van der Waals surface area contributed by atoms with E-state index >= 15 is 0 Å². The van der Waals surface area contributed by atoms with Crippen molar-refractivity contribution < 1.29 is 9.80 Å². The highest BCUT2D eigenvalue weighted by Crippen LogP contribution is 2.17. The zero-order chi connectivity index (χ0) is 15.0. The lowest BCUT2D eigenvalue weighted by atomic mass is 10.1. The van der Waals surface area contributed by atoms with E-state index in [1.54, 1.807) is 4.90 Å². The Morgan fingerprint density at radius 1 is 1.24 bits per heavy atom. The summed E-state index contributed by atoms with van der Waals surface area (Å²) in [6, 6.07) is 5.84. The Labute approximate surface area is 132 Å². The molecule has 2 heterocycles. The quantitative estimate of drug-likeness (QED) is 0.671. The monoisotopic (exact) mass is 351 g/mol. The summed E-state index contributed by atoms with van der Waals surface area (Å²) in [5.74, 6) is 0. The maximum absolute atomic E-state index is 12.8. The second-order valence-electron chi connectivity index (χ2n) is 6.13. The Kier molecular flexibility index (Phi) is 4.15. The van der Waals surface area contributed by atoms with Gasteiger partial charge in [0.1, 0.15) is 32.7 Å². The molecule has 1 aliphatic rings. The fraction of sp³-hybridized carbons (Fsp3) is 0.438. The number of H-pyrrole nitrogens is 1. The molecule has 0 atom stereocenters. The van der Waals surface area contributed by atoms with E-state index in [-0.39, 0.29) is 5.43 Å². The molecule has 1 saturated heterocycles. The van der Waals surface area contributed by atoms with Crippen LogP contribution in [0, 0.1) is 6.92 Å². The maximum atomic E-state index is 12.8. The Morgan fingerprint density at radius 3 is 2.67 bits per heavy atom. The van der Waals surface area contributed by atoms with Gasteiger partial charge in [0, 0.05) is 21.1 Å². The number of hydrogen-bond donors (Lipinski definition) is 3. The summed E-state index contributed by atoms with van der Waals surface area (Å²) >= 11 is 3.45. The van der Waals surface area contributed by atoms with Crippen molar-refractivity contribution >= 4 is 26.8 Å². The van der Waals surface area contributed by atoms with Gasteiger partial charge >= 0.3 is 0 Å². The number of aromatic amines is 1. The van der Waals surface area contributed by atoms with Crippen LogP contribution in [0.4, 0.5) is 0 Å². The summed E-state index contributed by atoms with van der Waals surface area (Å²) in [6.45, 7) is 7.50. The molecule has 5 heteroatoms. The molecular weight excluding hydrogens is 330 g/mol. The van der Waals surface area contributed by atoms with Crippen LogP contribution in [0.5, 0.6) is 0 Å². The van der Waals surface area contributed by atoms with Crippen LogP contribution in [0.15, 0.2) is 27.5 Å². The van der Waals surface area contributed by atoms with Crippen molar-refractivity contribution in [2.45, 2.75) is 13.5 Å². The van der Waals surface area contributed by atoms with E-state index in [9.17, 15) is 4.79 Å². The van der Waals surface area contributed by atoms with Crippen LogP contribution < -0.4 is 15.2 Å². The highest BCUT2D eigenvalue weighted by atomic mass is 79.9. The van der Waals surface area contributed by atoms with Crippen LogP contribution in [-0.2, 0) is 6.54 Å². The molecule has 1 fully saturated rings. The first-order valence-electron chi connectivity index (χ1n) is 7.50. The number of aromatic nitrogens is 1. The van der Waals surface area contributed by atoms with Crippen LogP contribution in [0.1, 0.15) is 11.3 Å². The summed E-state index contributed by atoms with van der Waals surface area (Å²) in [5, 5.41) is 0.782. The number of quaternary nitrogens is 2. The van der Waals surface area contributed by atoms with E-state index in [0.717, 1.165) is 46.3 Å². The van der Waals surface area contributed by atoms with Crippen molar-refractivity contribution in [2.24, 2.45) is 0 Å². The van der Waals surface area contributed by atoms with Crippen molar-refractivity contribution in [2.75, 3.05) is 33.2 Å². The molecule has 0 bridgehead atoms. The highest BCUT2D eigenvalue weighted by Gasteiger charge is 2.22. The Hall–Kier alpha value is -1.17. The number of aryl methyl sites for hydroxylation is 1. The average molecular weight is 352 g/mol. The lowest BCUT2D eigenvalue weighted by Gasteiger charge is -2.27. The molecule has 0 saturated carbocycles. The van der Waals surface area contributed by atoms with Gasteiger partial charge < -0.3 is 14.8 Å². The number of fused-ring (bicyclic) bond motifs is 1. The van der Waals surface area contributed by atoms with E-state index < -0.39 is 0 Å². The summed E-state index contributed by atoms with van der Waals surface area (Å²) in [5.41, 5.74) is 3.05. The van der Waals surface area contributed by atoms with Crippen molar-refractivity contribution in [3.8, 4) is 0 Å². The van der Waals surface area contributed by atoms with Crippen molar-refractivity contribution in [3.63, 3.8) is 0 Å². The average Bonchev–Trinajstić information content (AvgIpc) is 2.46. The molecule has 0 amide bonds. The topological polar surface area (TPSA) is 41.7 Å². The first kappa shape index (κ1) is 14.8. The standard InChI is InChI=1S/C16H20BrN3O/c1-11-14(10-20-7-5-19(2)6-8-20)16(21)13-9-12(17)3-4-15(13)18-11/h3-4,9H,5-8,10H2,1-2H3,(H,18,21)/p+2. The lowest BCUT2D eigenvalue weighted by molar-refractivity contribution is -1.01. The molecule has 21 heavy (non-hydrogen) atoms. The number of piperazine rings is 1. The molecule has 0 radical (unpaired) electrons. The third-order valence-electron chi connectivity index (χ3n) is 4.51. The second kappa shape index (κ2) is 5.91. The van der Waals surface area contributed by atoms with Gasteiger partial charge in [-0.1, -0.05) is 15.9 Å². The van der Waals surface area contributed by atoms with Gasteiger partial charge in [-0.25, -0.2) is 0 Å². The first-order chi connectivity index (χ1) is 10.0. The minimum atomic E-state index is 0.182. The Bertz CT molecular complexity index is 717. The Morgan fingerprint density at radius 2 is 1.95 bits per heavy atom. The molecule has 3 rings (SSSR count). The fourth-order valence-electron chi connectivity index (χ4n) is 3.09. The lowest BCUT2D eigenvalue weighted by Crippen LogP contribution is -3.26. The van der Waals surface area contributed by atoms with Crippen LogP contribution >= 0.6 is 15.9 Å². The molecule has 1 aromatic heterocycles. The molecule has 0 aliphatic carbocycles. The van der Waals surface area contributed by atoms with Crippen LogP contribution in [0.3, 0.4) is 0 Å². The molecule has 2 aromatic rings.